The number of carbonyl (C=O) groups is 1. The number of ether oxygens (including phenoxy) is 1. The summed E-state index contributed by atoms with van der Waals surface area (Å²) in [7, 11) is 0. The maximum atomic E-state index is 12.4. The lowest BCUT2D eigenvalue weighted by molar-refractivity contribution is -0.139. The fourth-order valence-electron chi connectivity index (χ4n) is 4.63. The van der Waals surface area contributed by atoms with Gasteiger partial charge in [-0.05, 0) is 49.9 Å². The molecule has 24 heavy (non-hydrogen) atoms. The summed E-state index contributed by atoms with van der Waals surface area (Å²) in [5.74, 6) is 2.55. The molecule has 136 valence electrons. The molecule has 2 aliphatic rings. The van der Waals surface area contributed by atoms with Gasteiger partial charge in [0.25, 0.3) is 0 Å². The van der Waals surface area contributed by atoms with Crippen LogP contribution in [0.3, 0.4) is 0 Å². The summed E-state index contributed by atoms with van der Waals surface area (Å²) in [5.41, 5.74) is 0.948. The van der Waals surface area contributed by atoms with Crippen LogP contribution in [0, 0.1) is 23.7 Å². The molecule has 0 radical (unpaired) electrons. The number of carbonyl (C=O) groups excluding carboxylic acids is 1. The number of unbranched alkanes of at least 4 members (excludes halogenated alkanes) is 5. The van der Waals surface area contributed by atoms with Crippen molar-refractivity contribution in [3.63, 3.8) is 0 Å². The molecule has 0 amide bonds. The highest BCUT2D eigenvalue weighted by Crippen LogP contribution is 2.51. The van der Waals surface area contributed by atoms with Gasteiger partial charge in [0, 0.05) is 5.57 Å². The summed E-state index contributed by atoms with van der Waals surface area (Å²) in [6, 6.07) is 0. The second kappa shape index (κ2) is 10.1. The summed E-state index contributed by atoms with van der Waals surface area (Å²) in [5, 5.41) is 0. The van der Waals surface area contributed by atoms with Crippen molar-refractivity contribution in [1.29, 1.82) is 0 Å². The van der Waals surface area contributed by atoms with Crippen molar-refractivity contribution in [2.24, 2.45) is 23.7 Å². The van der Waals surface area contributed by atoms with E-state index in [0.717, 1.165) is 24.3 Å². The molecule has 0 aliphatic heterocycles. The van der Waals surface area contributed by atoms with Gasteiger partial charge in [0.2, 0.25) is 0 Å². The first-order chi connectivity index (χ1) is 11.7. The summed E-state index contributed by atoms with van der Waals surface area (Å²) < 4.78 is 5.54. The van der Waals surface area contributed by atoms with Gasteiger partial charge < -0.3 is 4.74 Å². The lowest BCUT2D eigenvalue weighted by atomic mass is 9.88. The van der Waals surface area contributed by atoms with Crippen LogP contribution >= 0.6 is 0 Å². The molecule has 0 aromatic rings. The number of hydrogen-bond donors (Lipinski definition) is 0. The molecule has 0 N–H and O–H groups in total. The van der Waals surface area contributed by atoms with E-state index < -0.39 is 0 Å². The maximum absolute atomic E-state index is 12.4. The van der Waals surface area contributed by atoms with Crippen molar-refractivity contribution in [1.82, 2.24) is 0 Å². The molecule has 2 aliphatic carbocycles. The van der Waals surface area contributed by atoms with Gasteiger partial charge in [-0.3, -0.25) is 0 Å². The van der Waals surface area contributed by atoms with Crippen molar-refractivity contribution >= 4 is 5.97 Å². The van der Waals surface area contributed by atoms with Crippen LogP contribution in [0.25, 0.3) is 0 Å². The van der Waals surface area contributed by atoms with Gasteiger partial charge in [0.05, 0.1) is 6.61 Å². The lowest BCUT2D eigenvalue weighted by Gasteiger charge is -2.17. The van der Waals surface area contributed by atoms with E-state index in [1.165, 1.54) is 44.9 Å². The van der Waals surface area contributed by atoms with E-state index in [4.69, 9.17) is 4.74 Å². The predicted molar refractivity (Wildman–Crippen MR) is 101 cm³/mol. The van der Waals surface area contributed by atoms with Crippen LogP contribution in [0.2, 0.25) is 0 Å². The Kier molecular flexibility index (Phi) is 8.08. The molecule has 0 heterocycles. The van der Waals surface area contributed by atoms with Crippen LogP contribution < -0.4 is 0 Å². The minimum absolute atomic E-state index is 0.0490. The number of hydrogen-bond acceptors (Lipinski definition) is 2. The fraction of sp³-hybridized carbons (Fsp3) is 0.773. The molecule has 2 rings (SSSR count). The monoisotopic (exact) mass is 332 g/mol. The molecule has 1 fully saturated rings. The summed E-state index contributed by atoms with van der Waals surface area (Å²) in [6.45, 7) is 7.21. The Bertz CT molecular complexity index is 449. The summed E-state index contributed by atoms with van der Waals surface area (Å²) in [4.78, 5) is 12.4. The highest BCUT2D eigenvalue weighted by Gasteiger charge is 2.44. The highest BCUT2D eigenvalue weighted by atomic mass is 16.5. The molecule has 4 unspecified atom stereocenters. The summed E-state index contributed by atoms with van der Waals surface area (Å²) >= 11 is 0. The zero-order valence-electron chi connectivity index (χ0n) is 15.9. The van der Waals surface area contributed by atoms with Crippen molar-refractivity contribution < 1.29 is 9.53 Å². The zero-order chi connectivity index (χ0) is 17.4. The summed E-state index contributed by atoms with van der Waals surface area (Å²) in [6.07, 6.45) is 17.6. The fourth-order valence-corrected chi connectivity index (χ4v) is 4.63. The van der Waals surface area contributed by atoms with Gasteiger partial charge in [-0.15, -0.1) is 0 Å². The largest absolute Gasteiger partial charge is 0.462 e. The van der Waals surface area contributed by atoms with E-state index in [9.17, 15) is 4.79 Å². The maximum Gasteiger partial charge on any atom is 0.333 e. The third kappa shape index (κ3) is 4.97. The van der Waals surface area contributed by atoms with E-state index in [-0.39, 0.29) is 5.97 Å². The normalized spacial score (nSPS) is 29.0. The van der Waals surface area contributed by atoms with Gasteiger partial charge in [-0.2, -0.15) is 0 Å². The Labute approximate surface area is 148 Å². The Balaban J connectivity index is 1.76. The smallest absolute Gasteiger partial charge is 0.333 e. The van der Waals surface area contributed by atoms with Gasteiger partial charge >= 0.3 is 5.97 Å². The molecule has 0 aromatic carbocycles. The van der Waals surface area contributed by atoms with Crippen molar-refractivity contribution in [2.45, 2.75) is 78.6 Å². The number of fused-ring (bicyclic) bond motifs is 1. The number of esters is 1. The molecule has 4 atom stereocenters. The van der Waals surface area contributed by atoms with Gasteiger partial charge in [0.15, 0.2) is 0 Å². The lowest BCUT2D eigenvalue weighted by Crippen LogP contribution is -2.12. The van der Waals surface area contributed by atoms with Crippen LogP contribution in [0.5, 0.6) is 0 Å². The van der Waals surface area contributed by atoms with E-state index in [2.05, 4.69) is 39.0 Å². The van der Waals surface area contributed by atoms with Crippen LogP contribution in [0.4, 0.5) is 0 Å². The quantitative estimate of drug-likeness (QED) is 0.275. The number of allylic oxidation sites excluding steroid dienone is 3. The Hall–Kier alpha value is -1.05. The topological polar surface area (TPSA) is 26.3 Å². The van der Waals surface area contributed by atoms with Crippen molar-refractivity contribution in [3.8, 4) is 0 Å². The average Bonchev–Trinajstić information content (AvgIpc) is 3.14. The molecular weight excluding hydrogens is 296 g/mol. The van der Waals surface area contributed by atoms with Gasteiger partial charge in [-0.25, -0.2) is 4.79 Å². The second-order valence-electron chi connectivity index (χ2n) is 7.63. The third-order valence-electron chi connectivity index (χ3n) is 5.98. The van der Waals surface area contributed by atoms with Gasteiger partial charge in [-0.1, -0.05) is 70.6 Å². The molecule has 1 saturated carbocycles. The van der Waals surface area contributed by atoms with Crippen molar-refractivity contribution in [3.05, 3.63) is 23.8 Å². The number of rotatable bonds is 10. The van der Waals surface area contributed by atoms with Crippen LogP contribution in [-0.4, -0.2) is 12.6 Å². The highest BCUT2D eigenvalue weighted by molar-refractivity contribution is 5.89. The Morgan fingerprint density at radius 2 is 1.96 bits per heavy atom. The minimum atomic E-state index is -0.0490. The minimum Gasteiger partial charge on any atom is -0.462 e. The molecular formula is C22H36O2. The average molecular weight is 333 g/mol. The van der Waals surface area contributed by atoms with Crippen LogP contribution in [0.1, 0.15) is 78.6 Å². The molecule has 0 spiro atoms. The standard InChI is InChI=1S/C22H36O2/c1-4-7-8-9-10-11-13-24-22(23)19-15-20-17(6-3)14-18(12-5-2)21(20)16-19/h5,12,16-18,20-21H,4,6-11,13-15H2,1-3H3/b12-5+. The third-order valence-corrected chi connectivity index (χ3v) is 5.98. The van der Waals surface area contributed by atoms with E-state index in [0.29, 0.717) is 24.4 Å². The first-order valence-electron chi connectivity index (χ1n) is 10.2. The first kappa shape index (κ1) is 19.3. The Morgan fingerprint density at radius 3 is 2.67 bits per heavy atom. The zero-order valence-corrected chi connectivity index (χ0v) is 15.9. The molecule has 2 heteroatoms. The molecule has 0 bridgehead atoms. The van der Waals surface area contributed by atoms with E-state index in [1.54, 1.807) is 0 Å². The Morgan fingerprint density at radius 1 is 1.21 bits per heavy atom. The van der Waals surface area contributed by atoms with Crippen molar-refractivity contribution in [2.75, 3.05) is 6.61 Å². The van der Waals surface area contributed by atoms with Crippen LogP contribution in [0.15, 0.2) is 23.8 Å². The van der Waals surface area contributed by atoms with Gasteiger partial charge in [0.1, 0.15) is 0 Å². The van der Waals surface area contributed by atoms with E-state index in [1.807, 2.05) is 0 Å². The molecule has 0 aromatic heterocycles. The molecule has 2 nitrogen and oxygen atoms in total. The molecule has 0 saturated heterocycles. The van der Waals surface area contributed by atoms with Crippen LogP contribution in [-0.2, 0) is 9.53 Å². The predicted octanol–water partition coefficient (Wildman–Crippen LogP) is 6.07. The SMILES string of the molecule is C/C=C/C1CC(CC)C2CC(C(=O)OCCCCCCCC)=CC12. The second-order valence-corrected chi connectivity index (χ2v) is 7.63. The van der Waals surface area contributed by atoms with E-state index >= 15 is 0 Å². The first-order valence-corrected chi connectivity index (χ1v) is 10.2.